The second-order valence-electron chi connectivity index (χ2n) is 8.19. The van der Waals surface area contributed by atoms with Crippen LogP contribution in [0.5, 0.6) is 0 Å². The summed E-state index contributed by atoms with van der Waals surface area (Å²) >= 11 is 0. The number of nitrogens with two attached hydrogens (primary N) is 1. The summed E-state index contributed by atoms with van der Waals surface area (Å²) in [6.07, 6.45) is 5.69. The van der Waals surface area contributed by atoms with Crippen molar-refractivity contribution in [2.45, 2.75) is 44.9 Å². The van der Waals surface area contributed by atoms with Gasteiger partial charge in [-0.05, 0) is 55.9 Å². The van der Waals surface area contributed by atoms with Crippen LogP contribution in [0.25, 0.3) is 0 Å². The van der Waals surface area contributed by atoms with Crippen molar-refractivity contribution in [1.82, 2.24) is 4.98 Å². The van der Waals surface area contributed by atoms with Crippen molar-refractivity contribution in [2.75, 3.05) is 12.4 Å². The van der Waals surface area contributed by atoms with E-state index in [9.17, 15) is 18.4 Å². The van der Waals surface area contributed by atoms with Gasteiger partial charge in [0.2, 0.25) is 0 Å². The topological polar surface area (TPSA) is 128 Å². The molecule has 0 bridgehead atoms. The summed E-state index contributed by atoms with van der Waals surface area (Å²) in [4.78, 5) is 32.4. The van der Waals surface area contributed by atoms with Crippen molar-refractivity contribution in [3.8, 4) is 0 Å². The van der Waals surface area contributed by atoms with Gasteiger partial charge in [0.05, 0.1) is 24.7 Å². The van der Waals surface area contributed by atoms with Crippen LogP contribution in [-0.4, -0.2) is 35.8 Å². The van der Waals surface area contributed by atoms with Crippen molar-refractivity contribution in [2.24, 2.45) is 21.9 Å². The van der Waals surface area contributed by atoms with E-state index in [2.05, 4.69) is 20.4 Å². The smallest absolute Gasteiger partial charge is 0.313 e. The van der Waals surface area contributed by atoms with Gasteiger partial charge in [0.25, 0.3) is 0 Å². The maximum Gasteiger partial charge on any atom is 0.313 e. The van der Waals surface area contributed by atoms with Gasteiger partial charge in [-0.3, -0.25) is 14.6 Å². The molecular weight excluding hydrogens is 460 g/mol. The largest absolute Gasteiger partial charge is 0.469 e. The Morgan fingerprint density at radius 3 is 2.49 bits per heavy atom. The number of ether oxygens (including phenoxy) is 2. The third kappa shape index (κ3) is 7.29. The predicted molar refractivity (Wildman–Crippen MR) is 126 cm³/mol. The van der Waals surface area contributed by atoms with Gasteiger partial charge in [0.1, 0.15) is 0 Å². The van der Waals surface area contributed by atoms with Crippen LogP contribution in [0.1, 0.15) is 50.6 Å². The average molecular weight is 488 g/mol. The van der Waals surface area contributed by atoms with Gasteiger partial charge in [-0.25, -0.2) is 13.8 Å². The molecule has 9 nitrogen and oxygen atoms in total. The molecule has 0 aliphatic heterocycles. The molecule has 0 atom stereocenters. The summed E-state index contributed by atoms with van der Waals surface area (Å²) in [5, 5.41) is 5.93. The van der Waals surface area contributed by atoms with E-state index < -0.39 is 23.4 Å². The number of hydrogen-bond acceptors (Lipinski definition) is 8. The molecule has 3 N–H and O–H groups in total. The van der Waals surface area contributed by atoms with Crippen LogP contribution in [0.3, 0.4) is 0 Å². The van der Waals surface area contributed by atoms with Gasteiger partial charge in [-0.15, -0.1) is 5.10 Å². The van der Waals surface area contributed by atoms with Crippen LogP contribution in [0, 0.1) is 17.6 Å². The van der Waals surface area contributed by atoms with Crippen molar-refractivity contribution in [3.05, 3.63) is 53.9 Å². The first kappa shape index (κ1) is 25.7. The van der Waals surface area contributed by atoms with E-state index in [1.54, 1.807) is 6.07 Å². The summed E-state index contributed by atoms with van der Waals surface area (Å²) in [6, 6.07) is 6.63. The molecule has 11 heteroatoms. The number of methoxy groups -OCH3 is 1. The zero-order chi connectivity index (χ0) is 25.4. The molecule has 1 saturated carbocycles. The normalized spacial score (nSPS) is 18.6. The first-order valence-electron chi connectivity index (χ1n) is 11.1. The van der Waals surface area contributed by atoms with E-state index in [0.717, 1.165) is 43.5 Å². The van der Waals surface area contributed by atoms with E-state index in [1.165, 1.54) is 26.3 Å². The number of hydrazone groups is 1. The number of halogens is 2. The molecule has 1 aliphatic rings. The summed E-state index contributed by atoms with van der Waals surface area (Å²) in [5.41, 5.74) is 1.42. The lowest BCUT2D eigenvalue weighted by Crippen LogP contribution is -2.28. The lowest BCUT2D eigenvalue weighted by atomic mass is 9.79. The van der Waals surface area contributed by atoms with Gasteiger partial charge in [-0.2, -0.15) is 0 Å². The third-order valence-electron chi connectivity index (χ3n) is 5.74. The Morgan fingerprint density at radius 1 is 1.14 bits per heavy atom. The fourth-order valence-corrected chi connectivity index (χ4v) is 3.92. The Labute approximate surface area is 201 Å². The van der Waals surface area contributed by atoms with Crippen LogP contribution in [0.15, 0.2) is 46.6 Å². The van der Waals surface area contributed by atoms with Crippen molar-refractivity contribution in [3.63, 3.8) is 0 Å². The number of hydrogen-bond donors (Lipinski definition) is 2. The Kier molecular flexibility index (Phi) is 8.82. The SMILES string of the molecule is COC(=O)CC1CCC(c2ccc(NC(=O)C(=NN)OC(C)=Nc3ccc(F)c(F)c3)cn2)CC1. The van der Waals surface area contributed by atoms with Gasteiger partial charge >= 0.3 is 17.8 Å². The predicted octanol–water partition coefficient (Wildman–Crippen LogP) is 4.17. The number of benzene rings is 1. The fourth-order valence-electron chi connectivity index (χ4n) is 3.92. The van der Waals surface area contributed by atoms with Crippen molar-refractivity contribution >= 4 is 35.0 Å². The van der Waals surface area contributed by atoms with Crippen LogP contribution < -0.4 is 11.2 Å². The molecular formula is C24H27F2N5O4. The Balaban J connectivity index is 1.54. The molecule has 3 rings (SSSR count). The number of nitrogens with one attached hydrogen (secondary N) is 1. The lowest BCUT2D eigenvalue weighted by Gasteiger charge is -2.27. The number of anilines is 1. The Morgan fingerprint density at radius 2 is 1.89 bits per heavy atom. The first-order chi connectivity index (χ1) is 16.8. The summed E-state index contributed by atoms with van der Waals surface area (Å²) < 4.78 is 36.4. The highest BCUT2D eigenvalue weighted by molar-refractivity contribution is 6.41. The summed E-state index contributed by atoms with van der Waals surface area (Å²) in [5.74, 6) is 2.40. The molecule has 1 aromatic carbocycles. The minimum Gasteiger partial charge on any atom is -0.469 e. The molecule has 0 saturated heterocycles. The van der Waals surface area contributed by atoms with Gasteiger partial charge in [-0.1, -0.05) is 0 Å². The zero-order valence-corrected chi connectivity index (χ0v) is 19.5. The summed E-state index contributed by atoms with van der Waals surface area (Å²) in [7, 11) is 1.40. The highest BCUT2D eigenvalue weighted by Crippen LogP contribution is 2.36. The minimum atomic E-state index is -1.06. The molecule has 1 aromatic heterocycles. The van der Waals surface area contributed by atoms with Crippen LogP contribution in [-0.2, 0) is 19.1 Å². The number of pyridine rings is 1. The number of aromatic nitrogens is 1. The van der Waals surface area contributed by atoms with Gasteiger partial charge in [0, 0.05) is 31.0 Å². The van der Waals surface area contributed by atoms with Crippen molar-refractivity contribution in [1.29, 1.82) is 0 Å². The highest BCUT2D eigenvalue weighted by Gasteiger charge is 2.25. The molecule has 186 valence electrons. The number of rotatable bonds is 5. The average Bonchev–Trinajstić information content (AvgIpc) is 2.85. The number of carbonyl (C=O) groups excluding carboxylic acids is 2. The van der Waals surface area contributed by atoms with E-state index in [1.807, 2.05) is 6.07 Å². The van der Waals surface area contributed by atoms with Gasteiger partial charge < -0.3 is 20.6 Å². The fraction of sp³-hybridized carbons (Fsp3) is 0.375. The maximum absolute atomic E-state index is 13.3. The zero-order valence-electron chi connectivity index (χ0n) is 19.5. The molecule has 2 aromatic rings. The van der Waals surface area contributed by atoms with Gasteiger partial charge in [0.15, 0.2) is 17.5 Å². The highest BCUT2D eigenvalue weighted by atomic mass is 19.2. The number of nitrogens with zero attached hydrogens (tertiary/aromatic N) is 3. The molecule has 0 radical (unpaired) electrons. The van der Waals surface area contributed by atoms with Crippen LogP contribution in [0.4, 0.5) is 20.2 Å². The standard InChI is InChI=1S/C24H27F2N5O4/c1-14(29-17-7-9-19(25)20(26)12-17)35-24(31-27)23(33)30-18-8-10-21(28-13-18)16-5-3-15(4-6-16)11-22(32)34-2/h7-10,12-13,15-16H,3-6,11,27H2,1-2H3,(H,30,33). The summed E-state index contributed by atoms with van der Waals surface area (Å²) in [6.45, 7) is 1.41. The van der Waals surface area contributed by atoms with Crippen molar-refractivity contribution < 1.29 is 27.8 Å². The quantitative estimate of drug-likeness (QED) is 0.214. The second kappa shape index (κ2) is 12.0. The second-order valence-corrected chi connectivity index (χ2v) is 8.19. The Hall–Kier alpha value is -3.89. The number of aliphatic imine (C=N–C) groups is 1. The van der Waals surface area contributed by atoms with E-state index in [0.29, 0.717) is 18.0 Å². The minimum absolute atomic E-state index is 0.0494. The van der Waals surface area contributed by atoms with E-state index >= 15 is 0 Å². The van der Waals surface area contributed by atoms with E-state index in [-0.39, 0.29) is 23.5 Å². The number of esters is 1. The third-order valence-corrected chi connectivity index (χ3v) is 5.74. The van der Waals surface area contributed by atoms with Crippen LogP contribution >= 0.6 is 0 Å². The molecule has 35 heavy (non-hydrogen) atoms. The molecule has 1 aliphatic carbocycles. The molecule has 0 unspecified atom stereocenters. The number of amides is 1. The van der Waals surface area contributed by atoms with E-state index in [4.69, 9.17) is 15.3 Å². The molecule has 1 heterocycles. The first-order valence-corrected chi connectivity index (χ1v) is 11.1. The maximum atomic E-state index is 13.3. The lowest BCUT2D eigenvalue weighted by molar-refractivity contribution is -0.142. The molecule has 0 spiro atoms. The van der Waals surface area contributed by atoms with Crippen LogP contribution in [0.2, 0.25) is 0 Å². The molecule has 1 fully saturated rings. The monoisotopic (exact) mass is 487 g/mol. The number of carbonyl (C=O) groups is 2. The molecule has 1 amide bonds. The Bertz CT molecular complexity index is 1110.